The van der Waals surface area contributed by atoms with Crippen molar-refractivity contribution in [3.05, 3.63) is 11.9 Å². The topological polar surface area (TPSA) is 129 Å². The Kier molecular flexibility index (Phi) is 5.18. The molecule has 1 atom stereocenters. The lowest BCUT2D eigenvalue weighted by Gasteiger charge is -2.12. The van der Waals surface area contributed by atoms with E-state index in [1.165, 1.54) is 6.20 Å². The van der Waals surface area contributed by atoms with Crippen molar-refractivity contribution in [1.82, 2.24) is 14.1 Å². The first-order valence-electron chi connectivity index (χ1n) is 5.03. The average Bonchev–Trinajstić information content (AvgIpc) is 2.80. The Morgan fingerprint density at radius 3 is 2.61 bits per heavy atom. The zero-order chi connectivity index (χ0) is 13.5. The standard InChI is InChI=1S/C9H11N3O5S/c13-7(14)3-1-2-5(9(16)17)11-8(15)6-4-10-18-12-6/h4-5H,1-3H2,(H,11,15)(H,13,14)(H,16,17)/t5-/m1/s1. The third-order valence-electron chi connectivity index (χ3n) is 2.08. The van der Waals surface area contributed by atoms with Crippen molar-refractivity contribution in [1.29, 1.82) is 0 Å². The molecular weight excluding hydrogens is 262 g/mol. The first kappa shape index (κ1) is 14.0. The number of carboxylic acids is 2. The van der Waals surface area contributed by atoms with Crippen LogP contribution in [0.2, 0.25) is 0 Å². The van der Waals surface area contributed by atoms with Crippen molar-refractivity contribution in [2.24, 2.45) is 0 Å². The number of hydrogen-bond acceptors (Lipinski definition) is 6. The normalized spacial score (nSPS) is 11.8. The van der Waals surface area contributed by atoms with Crippen LogP contribution in [0.25, 0.3) is 0 Å². The third kappa shape index (κ3) is 4.45. The van der Waals surface area contributed by atoms with Crippen LogP contribution in [-0.4, -0.2) is 42.8 Å². The second kappa shape index (κ2) is 6.64. The minimum Gasteiger partial charge on any atom is -0.481 e. The monoisotopic (exact) mass is 273 g/mol. The predicted octanol–water partition coefficient (Wildman–Crippen LogP) is -0.0240. The van der Waals surface area contributed by atoms with Crippen LogP contribution in [0, 0.1) is 0 Å². The third-order valence-corrected chi connectivity index (χ3v) is 2.56. The van der Waals surface area contributed by atoms with E-state index in [2.05, 4.69) is 14.1 Å². The van der Waals surface area contributed by atoms with Gasteiger partial charge in [0.05, 0.1) is 17.9 Å². The van der Waals surface area contributed by atoms with E-state index in [0.29, 0.717) is 0 Å². The van der Waals surface area contributed by atoms with E-state index in [0.717, 1.165) is 11.7 Å². The van der Waals surface area contributed by atoms with Crippen LogP contribution >= 0.6 is 11.7 Å². The Labute approximate surface area is 106 Å². The molecule has 1 aromatic rings. The number of hydrogen-bond donors (Lipinski definition) is 3. The highest BCUT2D eigenvalue weighted by molar-refractivity contribution is 6.99. The van der Waals surface area contributed by atoms with Gasteiger partial charge in [-0.1, -0.05) is 0 Å². The molecule has 0 saturated heterocycles. The van der Waals surface area contributed by atoms with Crippen LogP contribution < -0.4 is 5.32 Å². The number of carboxylic acid groups (broad SMARTS) is 2. The molecule has 0 fully saturated rings. The molecule has 0 radical (unpaired) electrons. The van der Waals surface area contributed by atoms with Crippen LogP contribution in [0.5, 0.6) is 0 Å². The molecule has 0 spiro atoms. The minimum absolute atomic E-state index is 0.0458. The van der Waals surface area contributed by atoms with Gasteiger partial charge in [-0.25, -0.2) is 4.79 Å². The summed E-state index contributed by atoms with van der Waals surface area (Å²) in [5.74, 6) is -2.85. The van der Waals surface area contributed by atoms with Crippen LogP contribution in [0.15, 0.2) is 6.20 Å². The first-order valence-corrected chi connectivity index (χ1v) is 5.76. The summed E-state index contributed by atoms with van der Waals surface area (Å²) >= 11 is 0.839. The van der Waals surface area contributed by atoms with E-state index >= 15 is 0 Å². The summed E-state index contributed by atoms with van der Waals surface area (Å²) in [6.45, 7) is 0. The Morgan fingerprint density at radius 2 is 2.11 bits per heavy atom. The maximum absolute atomic E-state index is 11.5. The van der Waals surface area contributed by atoms with Crippen LogP contribution in [0.3, 0.4) is 0 Å². The second-order valence-electron chi connectivity index (χ2n) is 3.44. The molecule has 18 heavy (non-hydrogen) atoms. The van der Waals surface area contributed by atoms with Crippen molar-refractivity contribution in [3.63, 3.8) is 0 Å². The molecule has 9 heteroatoms. The van der Waals surface area contributed by atoms with Crippen LogP contribution in [-0.2, 0) is 9.59 Å². The lowest BCUT2D eigenvalue weighted by Crippen LogP contribution is -2.40. The molecule has 0 aromatic carbocycles. The van der Waals surface area contributed by atoms with Gasteiger partial charge < -0.3 is 15.5 Å². The van der Waals surface area contributed by atoms with Crippen molar-refractivity contribution < 1.29 is 24.6 Å². The van der Waals surface area contributed by atoms with E-state index < -0.39 is 23.9 Å². The molecule has 0 aliphatic heterocycles. The largest absolute Gasteiger partial charge is 0.481 e. The van der Waals surface area contributed by atoms with Gasteiger partial charge in [-0.05, 0) is 12.8 Å². The summed E-state index contributed by atoms with van der Waals surface area (Å²) in [5, 5.41) is 19.6. The summed E-state index contributed by atoms with van der Waals surface area (Å²) in [4.78, 5) is 32.7. The van der Waals surface area contributed by atoms with Gasteiger partial charge in [0.15, 0.2) is 5.69 Å². The van der Waals surface area contributed by atoms with Gasteiger partial charge >= 0.3 is 11.9 Å². The summed E-state index contributed by atoms with van der Waals surface area (Å²) in [7, 11) is 0. The summed E-state index contributed by atoms with van der Waals surface area (Å²) < 4.78 is 7.29. The fourth-order valence-electron chi connectivity index (χ4n) is 1.21. The Hall–Kier alpha value is -2.03. The first-order chi connectivity index (χ1) is 8.50. The highest BCUT2D eigenvalue weighted by Crippen LogP contribution is 2.03. The molecule has 1 rings (SSSR count). The molecule has 1 heterocycles. The van der Waals surface area contributed by atoms with Crippen molar-refractivity contribution in [2.75, 3.05) is 0 Å². The molecule has 3 N–H and O–H groups in total. The Bertz CT molecular complexity index is 433. The number of nitrogens with one attached hydrogen (secondary N) is 1. The molecule has 0 aliphatic carbocycles. The number of aliphatic carboxylic acids is 2. The van der Waals surface area contributed by atoms with Gasteiger partial charge in [0.25, 0.3) is 5.91 Å². The lowest BCUT2D eigenvalue weighted by atomic mass is 10.1. The van der Waals surface area contributed by atoms with E-state index in [9.17, 15) is 14.4 Å². The zero-order valence-electron chi connectivity index (χ0n) is 9.20. The molecule has 8 nitrogen and oxygen atoms in total. The number of carbonyl (C=O) groups excluding carboxylic acids is 1. The lowest BCUT2D eigenvalue weighted by molar-refractivity contribution is -0.140. The fraction of sp³-hybridized carbons (Fsp3) is 0.444. The average molecular weight is 273 g/mol. The van der Waals surface area contributed by atoms with Crippen molar-refractivity contribution >= 4 is 29.6 Å². The highest BCUT2D eigenvalue weighted by atomic mass is 32.1. The molecule has 0 saturated carbocycles. The van der Waals surface area contributed by atoms with E-state index in [4.69, 9.17) is 10.2 Å². The van der Waals surface area contributed by atoms with E-state index in [1.807, 2.05) is 0 Å². The predicted molar refractivity (Wildman–Crippen MR) is 60.3 cm³/mol. The Balaban J connectivity index is 2.50. The van der Waals surface area contributed by atoms with Gasteiger partial charge in [-0.15, -0.1) is 0 Å². The SMILES string of the molecule is O=C(O)CCC[C@@H](NC(=O)c1cnsn1)C(=O)O. The number of rotatable bonds is 7. The molecule has 1 amide bonds. The summed E-state index contributed by atoms with van der Waals surface area (Å²) in [6.07, 6.45) is 1.31. The summed E-state index contributed by atoms with van der Waals surface area (Å²) in [5.41, 5.74) is 0.0458. The number of aromatic nitrogens is 2. The van der Waals surface area contributed by atoms with Crippen molar-refractivity contribution in [2.45, 2.75) is 25.3 Å². The van der Waals surface area contributed by atoms with Gasteiger partial charge in [0.1, 0.15) is 6.04 Å². The van der Waals surface area contributed by atoms with Gasteiger partial charge in [0.2, 0.25) is 0 Å². The quantitative estimate of drug-likeness (QED) is 0.636. The number of nitrogens with zero attached hydrogens (tertiary/aromatic N) is 2. The molecular formula is C9H11N3O5S. The van der Waals surface area contributed by atoms with Gasteiger partial charge in [-0.3, -0.25) is 9.59 Å². The maximum atomic E-state index is 11.5. The van der Waals surface area contributed by atoms with E-state index in [1.54, 1.807) is 0 Å². The summed E-state index contributed by atoms with van der Waals surface area (Å²) in [6, 6.07) is -1.13. The number of carbonyl (C=O) groups is 3. The van der Waals surface area contributed by atoms with Crippen molar-refractivity contribution in [3.8, 4) is 0 Å². The second-order valence-corrected chi connectivity index (χ2v) is 4.00. The molecule has 0 unspecified atom stereocenters. The van der Waals surface area contributed by atoms with Gasteiger partial charge in [0, 0.05) is 6.42 Å². The smallest absolute Gasteiger partial charge is 0.326 e. The molecule has 0 bridgehead atoms. The number of amides is 1. The van der Waals surface area contributed by atoms with Gasteiger partial charge in [-0.2, -0.15) is 8.75 Å². The van der Waals surface area contributed by atoms with E-state index in [-0.39, 0.29) is 25.0 Å². The van der Waals surface area contributed by atoms with Crippen LogP contribution in [0.1, 0.15) is 29.8 Å². The Morgan fingerprint density at radius 1 is 1.39 bits per heavy atom. The molecule has 1 aromatic heterocycles. The molecule has 98 valence electrons. The minimum atomic E-state index is -1.21. The highest BCUT2D eigenvalue weighted by Gasteiger charge is 2.21. The fourth-order valence-corrected chi connectivity index (χ4v) is 1.62. The molecule has 0 aliphatic rings. The van der Waals surface area contributed by atoms with Crippen LogP contribution in [0.4, 0.5) is 0 Å². The zero-order valence-corrected chi connectivity index (χ0v) is 10.0. The maximum Gasteiger partial charge on any atom is 0.326 e.